The number of ether oxygens (including phenoxy) is 3. The molecule has 1 heterocycles. The fourth-order valence-corrected chi connectivity index (χ4v) is 3.70. The minimum Gasteiger partial charge on any atom is -0.462 e. The van der Waals surface area contributed by atoms with Crippen LogP contribution >= 0.6 is 11.3 Å². The molecule has 166 valence electrons. The van der Waals surface area contributed by atoms with E-state index in [2.05, 4.69) is 5.32 Å². The summed E-state index contributed by atoms with van der Waals surface area (Å²) in [6.45, 7) is 4.40. The fourth-order valence-electron chi connectivity index (χ4n) is 2.60. The Morgan fingerprint density at radius 1 is 1.00 bits per heavy atom. The van der Waals surface area contributed by atoms with Crippen molar-refractivity contribution in [1.29, 1.82) is 0 Å². The number of rotatable bonds is 9. The summed E-state index contributed by atoms with van der Waals surface area (Å²) >= 11 is 0.858. The molecular weight excluding hydrogens is 429 g/mol. The lowest BCUT2D eigenvalue weighted by Gasteiger charge is -2.08. The van der Waals surface area contributed by atoms with Crippen molar-refractivity contribution in [3.63, 3.8) is 0 Å². The van der Waals surface area contributed by atoms with Crippen LogP contribution in [-0.4, -0.2) is 43.6 Å². The number of anilines is 1. The highest BCUT2D eigenvalue weighted by Gasteiger charge is 2.27. The summed E-state index contributed by atoms with van der Waals surface area (Å²) in [5.41, 5.74) is 0.486. The maximum Gasteiger partial charge on any atom is 0.348 e. The lowest BCUT2D eigenvalue weighted by molar-refractivity contribution is -0.146. The van der Waals surface area contributed by atoms with Gasteiger partial charge in [0.1, 0.15) is 15.7 Å². The average molecular weight is 451 g/mol. The third-order valence-electron chi connectivity index (χ3n) is 4.00. The molecule has 0 unspecified atom stereocenters. The molecule has 2 aromatic rings. The molecule has 31 heavy (non-hydrogen) atoms. The van der Waals surface area contributed by atoms with Crippen LogP contribution in [-0.2, 0) is 30.2 Å². The fraction of sp³-hybridized carbons (Fsp3) is 0.333. The second kappa shape index (κ2) is 11.2. The molecule has 0 saturated heterocycles. The van der Waals surface area contributed by atoms with Gasteiger partial charge >= 0.3 is 17.9 Å². The second-order valence-electron chi connectivity index (χ2n) is 6.18. The zero-order chi connectivity index (χ0) is 23.0. The Morgan fingerprint density at radius 2 is 1.65 bits per heavy atom. The van der Waals surface area contributed by atoms with Crippen molar-refractivity contribution in [3.05, 3.63) is 51.7 Å². The summed E-state index contributed by atoms with van der Waals surface area (Å²) in [6.07, 6.45) is -0.334. The van der Waals surface area contributed by atoms with E-state index in [0.717, 1.165) is 11.3 Å². The predicted octanol–water partition coefficient (Wildman–Crippen LogP) is 3.27. The van der Waals surface area contributed by atoms with Crippen molar-refractivity contribution in [2.45, 2.75) is 27.2 Å². The third-order valence-corrected chi connectivity index (χ3v) is 5.18. The van der Waals surface area contributed by atoms with Crippen LogP contribution in [0.1, 0.15) is 45.0 Å². The summed E-state index contributed by atoms with van der Waals surface area (Å²) in [7, 11) is 0. The number of carbonyl (C=O) groups is 4. The number of hydrogen-bond acceptors (Lipinski definition) is 8. The van der Waals surface area contributed by atoms with E-state index in [4.69, 9.17) is 14.2 Å². The lowest BCUT2D eigenvalue weighted by atomic mass is 10.1. The molecule has 1 aromatic carbocycles. The van der Waals surface area contributed by atoms with Gasteiger partial charge in [-0.1, -0.05) is 18.2 Å². The molecule has 0 radical (unpaired) electrons. The number of nitrogens with one attached hydrogen (secondary N) is 1. The molecule has 0 bridgehead atoms. The Labute approximate surface area is 182 Å². The number of hydrogen-bond donors (Lipinski definition) is 1. The highest BCUT2D eigenvalue weighted by molar-refractivity contribution is 7.18. The zero-order valence-corrected chi connectivity index (χ0v) is 18.1. The van der Waals surface area contributed by atoms with Gasteiger partial charge in [0, 0.05) is 0 Å². The van der Waals surface area contributed by atoms with E-state index in [1.807, 2.05) is 0 Å². The van der Waals surface area contributed by atoms with E-state index in [1.165, 1.54) is 18.2 Å². The Hall–Kier alpha value is -3.27. The average Bonchev–Trinajstić information content (AvgIpc) is 3.04. The minimum absolute atomic E-state index is 0.0286. The first-order valence-electron chi connectivity index (χ1n) is 9.44. The van der Waals surface area contributed by atoms with E-state index < -0.39 is 36.2 Å². The molecule has 0 fully saturated rings. The van der Waals surface area contributed by atoms with Crippen molar-refractivity contribution >= 4 is 40.2 Å². The number of carbonyl (C=O) groups excluding carboxylic acids is 4. The summed E-state index contributed by atoms with van der Waals surface area (Å²) < 4.78 is 28.5. The Bertz CT molecular complexity index is 986. The van der Waals surface area contributed by atoms with Crippen molar-refractivity contribution in [2.24, 2.45) is 0 Å². The summed E-state index contributed by atoms with van der Waals surface area (Å²) in [5.74, 6) is -3.42. The predicted molar refractivity (Wildman–Crippen MR) is 111 cm³/mol. The Balaban J connectivity index is 2.09. The van der Waals surface area contributed by atoms with Gasteiger partial charge in [-0.25, -0.2) is 14.0 Å². The Morgan fingerprint density at radius 3 is 2.29 bits per heavy atom. The summed E-state index contributed by atoms with van der Waals surface area (Å²) in [5, 5.41) is 2.54. The van der Waals surface area contributed by atoms with Gasteiger partial charge in [-0.15, -0.1) is 11.3 Å². The number of halogens is 1. The van der Waals surface area contributed by atoms with Crippen LogP contribution in [0.3, 0.4) is 0 Å². The van der Waals surface area contributed by atoms with E-state index in [-0.39, 0.29) is 40.6 Å². The standard InChI is InChI=1S/C21H22FNO7S/c1-4-28-20(26)17-12(3)18(21(27)29-5-2)31-19(17)23-15(24)11-30-16(25)10-13-8-6-7-9-14(13)22/h6-9H,4-5,10-11H2,1-3H3,(H,23,24). The zero-order valence-electron chi connectivity index (χ0n) is 17.3. The van der Waals surface area contributed by atoms with Crippen molar-refractivity contribution in [3.8, 4) is 0 Å². The normalized spacial score (nSPS) is 10.3. The van der Waals surface area contributed by atoms with Gasteiger partial charge in [-0.2, -0.15) is 0 Å². The van der Waals surface area contributed by atoms with Gasteiger partial charge in [-0.05, 0) is 38.0 Å². The van der Waals surface area contributed by atoms with Gasteiger partial charge < -0.3 is 19.5 Å². The minimum atomic E-state index is -0.791. The molecule has 0 aliphatic rings. The molecule has 0 saturated carbocycles. The van der Waals surface area contributed by atoms with Crippen LogP contribution in [0.15, 0.2) is 24.3 Å². The highest BCUT2D eigenvalue weighted by atomic mass is 32.1. The van der Waals surface area contributed by atoms with Crippen molar-refractivity contribution < 1.29 is 37.8 Å². The van der Waals surface area contributed by atoms with Gasteiger partial charge in [0.05, 0.1) is 25.2 Å². The van der Waals surface area contributed by atoms with Crippen LogP contribution in [0, 0.1) is 12.7 Å². The molecule has 0 aliphatic carbocycles. The van der Waals surface area contributed by atoms with E-state index in [9.17, 15) is 23.6 Å². The first kappa shape index (κ1) is 24.0. The van der Waals surface area contributed by atoms with Crippen molar-refractivity contribution in [2.75, 3.05) is 25.1 Å². The Kier molecular flexibility index (Phi) is 8.68. The van der Waals surface area contributed by atoms with Crippen LogP contribution in [0.4, 0.5) is 9.39 Å². The van der Waals surface area contributed by atoms with E-state index in [1.54, 1.807) is 26.8 Å². The largest absolute Gasteiger partial charge is 0.462 e. The van der Waals surface area contributed by atoms with Crippen LogP contribution in [0.2, 0.25) is 0 Å². The molecular formula is C21H22FNO7S. The maximum atomic E-state index is 13.6. The van der Waals surface area contributed by atoms with Crippen LogP contribution in [0.25, 0.3) is 0 Å². The monoisotopic (exact) mass is 451 g/mol. The van der Waals surface area contributed by atoms with Crippen LogP contribution in [0.5, 0.6) is 0 Å². The molecule has 0 aliphatic heterocycles. The molecule has 10 heteroatoms. The molecule has 0 spiro atoms. The molecule has 8 nitrogen and oxygen atoms in total. The smallest absolute Gasteiger partial charge is 0.348 e. The van der Waals surface area contributed by atoms with Gasteiger partial charge in [0.15, 0.2) is 6.61 Å². The molecule has 2 rings (SSSR count). The summed E-state index contributed by atoms with van der Waals surface area (Å²) in [6, 6.07) is 5.72. The van der Waals surface area contributed by atoms with Gasteiger partial charge in [-0.3, -0.25) is 9.59 Å². The van der Waals surface area contributed by atoms with Gasteiger partial charge in [0.25, 0.3) is 5.91 Å². The number of benzene rings is 1. The number of amides is 1. The maximum absolute atomic E-state index is 13.6. The van der Waals surface area contributed by atoms with Crippen molar-refractivity contribution in [1.82, 2.24) is 0 Å². The van der Waals surface area contributed by atoms with Crippen LogP contribution < -0.4 is 5.32 Å². The molecule has 0 atom stereocenters. The third kappa shape index (κ3) is 6.35. The van der Waals surface area contributed by atoms with Gasteiger partial charge in [0.2, 0.25) is 0 Å². The van der Waals surface area contributed by atoms with E-state index in [0.29, 0.717) is 5.56 Å². The molecule has 1 aromatic heterocycles. The lowest BCUT2D eigenvalue weighted by Crippen LogP contribution is -2.22. The first-order chi connectivity index (χ1) is 14.8. The highest BCUT2D eigenvalue weighted by Crippen LogP contribution is 2.34. The topological polar surface area (TPSA) is 108 Å². The number of thiophene rings is 1. The summed E-state index contributed by atoms with van der Waals surface area (Å²) in [4.78, 5) is 48.8. The quantitative estimate of drug-likeness (QED) is 0.460. The number of esters is 3. The molecule has 1 N–H and O–H groups in total. The SMILES string of the molecule is CCOC(=O)c1sc(NC(=O)COC(=O)Cc2ccccc2F)c(C(=O)OCC)c1C. The molecule has 1 amide bonds. The van der Waals surface area contributed by atoms with E-state index >= 15 is 0 Å². The second-order valence-corrected chi connectivity index (χ2v) is 7.20. The first-order valence-corrected chi connectivity index (χ1v) is 10.3.